The first-order valence-electron chi connectivity index (χ1n) is 9.79. The van der Waals surface area contributed by atoms with Gasteiger partial charge in [0.1, 0.15) is 5.75 Å². The Balaban J connectivity index is 1.97. The Morgan fingerprint density at radius 1 is 0.893 bits per heavy atom. The molecule has 0 bridgehead atoms. The van der Waals surface area contributed by atoms with Gasteiger partial charge in [0.15, 0.2) is 0 Å². The predicted molar refractivity (Wildman–Crippen MR) is 123 cm³/mol. The van der Waals surface area contributed by atoms with Crippen LogP contribution in [-0.2, 0) is 0 Å². The van der Waals surface area contributed by atoms with Crippen LogP contribution in [0.5, 0.6) is 5.75 Å². The maximum absolute atomic E-state index is 5.77. The van der Waals surface area contributed by atoms with Crippen LogP contribution in [0.1, 0.15) is 26.3 Å². The van der Waals surface area contributed by atoms with Crippen LogP contribution < -0.4 is 14.9 Å². The summed E-state index contributed by atoms with van der Waals surface area (Å²) in [5, 5.41) is 1.72. The summed E-state index contributed by atoms with van der Waals surface area (Å²) in [4.78, 5) is 2.50. The van der Waals surface area contributed by atoms with Crippen molar-refractivity contribution in [1.29, 1.82) is 0 Å². The highest BCUT2D eigenvalue weighted by molar-refractivity contribution is 7.68. The number of hydrogen-bond donors (Lipinski definition) is 0. The van der Waals surface area contributed by atoms with E-state index in [1.165, 1.54) is 33.4 Å². The third-order valence-corrected chi connectivity index (χ3v) is 8.65. The lowest BCUT2D eigenvalue weighted by atomic mass is 9.98. The third kappa shape index (κ3) is 3.20. The number of para-hydroxylation sites is 1. The Morgan fingerprint density at radius 2 is 1.61 bits per heavy atom. The predicted octanol–water partition coefficient (Wildman–Crippen LogP) is 6.69. The molecule has 1 atom stereocenters. The van der Waals surface area contributed by atoms with Gasteiger partial charge in [0.25, 0.3) is 0 Å². The van der Waals surface area contributed by atoms with Crippen molar-refractivity contribution in [2.45, 2.75) is 32.9 Å². The van der Waals surface area contributed by atoms with Crippen LogP contribution in [0.3, 0.4) is 0 Å². The lowest BCUT2D eigenvalue weighted by Crippen LogP contribution is -2.20. The molecular weight excluding hydrogens is 361 g/mol. The number of hydrogen-bond acceptors (Lipinski definition) is 2. The summed E-state index contributed by atoms with van der Waals surface area (Å²) >= 11 is 0. The van der Waals surface area contributed by atoms with Gasteiger partial charge in [-0.1, -0.05) is 63.2 Å². The van der Waals surface area contributed by atoms with Crippen molar-refractivity contribution >= 4 is 24.6 Å². The molecule has 3 aromatic rings. The molecule has 1 heterocycles. The maximum Gasteiger partial charge on any atom is 0.126 e. The molecule has 3 heteroatoms. The molecule has 1 aliphatic rings. The van der Waals surface area contributed by atoms with Crippen LogP contribution in [0.2, 0.25) is 0 Å². The summed E-state index contributed by atoms with van der Waals surface area (Å²) in [6, 6.07) is 23.8. The highest BCUT2D eigenvalue weighted by Crippen LogP contribution is 2.59. The van der Waals surface area contributed by atoms with Gasteiger partial charge in [-0.25, -0.2) is 0 Å². The van der Waals surface area contributed by atoms with Crippen LogP contribution in [0.15, 0.2) is 66.7 Å². The smallest absolute Gasteiger partial charge is 0.126 e. The Labute approximate surface area is 169 Å². The summed E-state index contributed by atoms with van der Waals surface area (Å²) in [5.74, 6) is 0.954. The van der Waals surface area contributed by atoms with Gasteiger partial charge in [0.05, 0.1) is 7.11 Å². The zero-order chi connectivity index (χ0) is 19.9. The fourth-order valence-electron chi connectivity index (χ4n) is 4.06. The minimum atomic E-state index is -0.369. The normalized spacial score (nSPS) is 16.2. The van der Waals surface area contributed by atoms with Gasteiger partial charge < -0.3 is 9.64 Å². The molecule has 0 saturated heterocycles. The van der Waals surface area contributed by atoms with Crippen LogP contribution in [-0.4, -0.2) is 18.6 Å². The highest BCUT2D eigenvalue weighted by Gasteiger charge is 2.38. The van der Waals surface area contributed by atoms with Crippen LogP contribution >= 0.6 is 7.92 Å². The van der Waals surface area contributed by atoms with Crippen molar-refractivity contribution in [2.75, 3.05) is 18.3 Å². The van der Waals surface area contributed by atoms with Crippen molar-refractivity contribution in [2.24, 2.45) is 0 Å². The minimum absolute atomic E-state index is 0.222. The molecule has 3 aromatic carbocycles. The van der Waals surface area contributed by atoms with Gasteiger partial charge in [-0.3, -0.25) is 0 Å². The van der Waals surface area contributed by atoms with Gasteiger partial charge >= 0.3 is 0 Å². The van der Waals surface area contributed by atoms with E-state index in [2.05, 4.69) is 99.3 Å². The van der Waals surface area contributed by atoms with Gasteiger partial charge in [-0.05, 0) is 55.4 Å². The lowest BCUT2D eigenvalue weighted by molar-refractivity contribution is 0.416. The second-order valence-electron chi connectivity index (χ2n) is 8.33. The fraction of sp³-hybridized carbons (Fsp3) is 0.280. The summed E-state index contributed by atoms with van der Waals surface area (Å²) in [6.07, 6.45) is 1.06. The molecule has 28 heavy (non-hydrogen) atoms. The first-order chi connectivity index (χ1) is 13.4. The summed E-state index contributed by atoms with van der Waals surface area (Å²) in [7, 11) is 1.40. The van der Waals surface area contributed by atoms with E-state index < -0.39 is 0 Å². The molecule has 0 aromatic heterocycles. The molecule has 0 saturated carbocycles. The lowest BCUT2D eigenvalue weighted by Gasteiger charge is -2.30. The van der Waals surface area contributed by atoms with Crippen molar-refractivity contribution in [3.05, 3.63) is 72.3 Å². The van der Waals surface area contributed by atoms with E-state index >= 15 is 0 Å². The molecule has 2 nitrogen and oxygen atoms in total. The average molecular weight is 389 g/mol. The van der Waals surface area contributed by atoms with Crippen LogP contribution in [0.4, 0.5) is 11.4 Å². The van der Waals surface area contributed by atoms with E-state index in [0.29, 0.717) is 0 Å². The Hall–Kier alpha value is -2.31. The Morgan fingerprint density at radius 3 is 2.29 bits per heavy atom. The highest BCUT2D eigenvalue weighted by atomic mass is 31.1. The summed E-state index contributed by atoms with van der Waals surface area (Å²) < 4.78 is 5.77. The van der Waals surface area contributed by atoms with E-state index in [1.54, 1.807) is 7.11 Å². The topological polar surface area (TPSA) is 12.5 Å². The molecule has 0 radical (unpaired) electrons. The Kier molecular flexibility index (Phi) is 4.93. The fourth-order valence-corrected chi connectivity index (χ4v) is 6.84. The number of methoxy groups -OCH3 is 1. The molecule has 0 N–H and O–H groups in total. The van der Waals surface area contributed by atoms with E-state index in [9.17, 15) is 0 Å². The van der Waals surface area contributed by atoms with E-state index in [0.717, 1.165) is 12.0 Å². The molecule has 1 aliphatic heterocycles. The number of aryl methyl sites for hydroxylation is 1. The number of nitrogens with zero attached hydrogens (tertiary/aromatic N) is 1. The molecule has 0 amide bonds. The van der Waals surface area contributed by atoms with Gasteiger partial charge in [0.2, 0.25) is 0 Å². The van der Waals surface area contributed by atoms with Gasteiger partial charge in [-0.15, -0.1) is 0 Å². The average Bonchev–Trinajstić information content (AvgIpc) is 3.09. The van der Waals surface area contributed by atoms with Gasteiger partial charge in [0, 0.05) is 28.5 Å². The van der Waals surface area contributed by atoms with Crippen molar-refractivity contribution < 1.29 is 4.74 Å². The number of fused-ring (bicyclic) bond motifs is 1. The molecule has 0 fully saturated rings. The third-order valence-electron chi connectivity index (χ3n) is 5.46. The molecule has 1 unspecified atom stereocenters. The molecule has 0 aliphatic carbocycles. The maximum atomic E-state index is 5.77. The second kappa shape index (κ2) is 7.26. The second-order valence-corrected chi connectivity index (χ2v) is 11.3. The molecule has 144 valence electrons. The SMILES string of the molecule is COc1cccc(C)c1-c1cccc2c1P(C(C)(C)C)CN2c1ccccc1. The quantitative estimate of drug-likeness (QED) is 0.463. The summed E-state index contributed by atoms with van der Waals surface area (Å²) in [5.41, 5.74) is 6.43. The largest absolute Gasteiger partial charge is 0.496 e. The van der Waals surface area contributed by atoms with Crippen molar-refractivity contribution in [3.63, 3.8) is 0 Å². The van der Waals surface area contributed by atoms with Crippen LogP contribution in [0, 0.1) is 6.92 Å². The van der Waals surface area contributed by atoms with E-state index in [4.69, 9.17) is 4.74 Å². The first-order valence-corrected chi connectivity index (χ1v) is 11.3. The number of anilines is 2. The van der Waals surface area contributed by atoms with E-state index in [1.807, 2.05) is 0 Å². The number of ether oxygens (including phenoxy) is 1. The molecular formula is C25H28NOP. The van der Waals surface area contributed by atoms with Crippen LogP contribution in [0.25, 0.3) is 11.1 Å². The zero-order valence-electron chi connectivity index (χ0n) is 17.4. The van der Waals surface area contributed by atoms with E-state index in [-0.39, 0.29) is 13.1 Å². The van der Waals surface area contributed by atoms with Crippen molar-refractivity contribution in [3.8, 4) is 16.9 Å². The number of rotatable bonds is 3. The Bertz CT molecular complexity index is 991. The number of benzene rings is 3. The van der Waals surface area contributed by atoms with Crippen molar-refractivity contribution in [1.82, 2.24) is 0 Å². The monoisotopic (exact) mass is 389 g/mol. The minimum Gasteiger partial charge on any atom is -0.496 e. The zero-order valence-corrected chi connectivity index (χ0v) is 18.3. The molecule has 4 rings (SSSR count). The van der Waals surface area contributed by atoms with Gasteiger partial charge in [-0.2, -0.15) is 0 Å². The summed E-state index contributed by atoms with van der Waals surface area (Å²) in [6.45, 7) is 9.31. The molecule has 0 spiro atoms. The first kappa shape index (κ1) is 19.0. The standard InChI is InChI=1S/C25H28NOP/c1-18-11-9-16-22(27-5)23(18)20-14-10-15-21-24(20)28(25(2,3)4)17-26(21)19-12-7-6-8-13-19/h6-16H,17H2,1-5H3.